The highest BCUT2D eigenvalue weighted by atomic mass is 15.3. The lowest BCUT2D eigenvalue weighted by Gasteiger charge is -2.31. The summed E-state index contributed by atoms with van der Waals surface area (Å²) in [5.74, 6) is 0. The van der Waals surface area contributed by atoms with E-state index in [1.807, 2.05) is 0 Å². The quantitative estimate of drug-likeness (QED) is 0.237. The van der Waals surface area contributed by atoms with E-state index in [1.54, 1.807) is 0 Å². The Balaban J connectivity index is 3.13. The first-order valence-electron chi connectivity index (χ1n) is 9.79. The fraction of sp³-hybridized carbons (Fsp3) is 1.00. The van der Waals surface area contributed by atoms with E-state index >= 15 is 0 Å². The Morgan fingerprint density at radius 3 is 1.24 bits per heavy atom. The van der Waals surface area contributed by atoms with Gasteiger partial charge < -0.3 is 4.48 Å². The number of hydrogen-bond acceptors (Lipinski definition) is 0. The van der Waals surface area contributed by atoms with Gasteiger partial charge in [-0.05, 0) is 19.8 Å². The molecule has 0 rings (SSSR count). The Hall–Kier alpha value is -0.0400. The fourth-order valence-corrected chi connectivity index (χ4v) is 2.84. The molecule has 0 saturated heterocycles. The third kappa shape index (κ3) is 14.7. The molecule has 0 fully saturated rings. The monoisotopic (exact) mass is 298 g/mol. The zero-order valence-corrected chi connectivity index (χ0v) is 15.9. The second-order valence-electron chi connectivity index (χ2n) is 8.00. The summed E-state index contributed by atoms with van der Waals surface area (Å²) in [6.45, 7) is 4.68. The molecule has 0 saturated carbocycles. The summed E-state index contributed by atoms with van der Waals surface area (Å²) in [6.07, 6.45) is 20.3. The van der Waals surface area contributed by atoms with Crippen molar-refractivity contribution in [3.8, 4) is 0 Å². The SMILES string of the molecule is CCCCCCCCCCCCCCCC(C)[N+](C)(C)C. The summed E-state index contributed by atoms with van der Waals surface area (Å²) < 4.78 is 1.11. The van der Waals surface area contributed by atoms with Gasteiger partial charge in [0, 0.05) is 0 Å². The van der Waals surface area contributed by atoms with Crippen molar-refractivity contribution in [1.82, 2.24) is 0 Å². The molecule has 21 heavy (non-hydrogen) atoms. The van der Waals surface area contributed by atoms with E-state index in [1.165, 1.54) is 89.9 Å². The number of nitrogens with zero attached hydrogens (tertiary/aromatic N) is 1. The number of rotatable bonds is 15. The molecule has 0 aliphatic rings. The smallest absolute Gasteiger partial charge is 0.0855 e. The highest BCUT2D eigenvalue weighted by molar-refractivity contribution is 4.53. The van der Waals surface area contributed by atoms with E-state index in [2.05, 4.69) is 35.0 Å². The van der Waals surface area contributed by atoms with E-state index in [9.17, 15) is 0 Å². The molecule has 128 valence electrons. The van der Waals surface area contributed by atoms with Crippen molar-refractivity contribution in [2.75, 3.05) is 21.1 Å². The summed E-state index contributed by atoms with van der Waals surface area (Å²) in [6, 6.07) is 0.803. The molecule has 0 aromatic rings. The summed E-state index contributed by atoms with van der Waals surface area (Å²) in [4.78, 5) is 0. The van der Waals surface area contributed by atoms with Crippen LogP contribution in [0.1, 0.15) is 104 Å². The maximum Gasteiger partial charge on any atom is 0.0855 e. The van der Waals surface area contributed by atoms with E-state index < -0.39 is 0 Å². The third-order valence-electron chi connectivity index (χ3n) is 5.05. The minimum atomic E-state index is 0.803. The minimum Gasteiger partial charge on any atom is -0.329 e. The first-order chi connectivity index (χ1) is 9.98. The van der Waals surface area contributed by atoms with E-state index in [0.717, 1.165) is 10.5 Å². The van der Waals surface area contributed by atoms with E-state index in [-0.39, 0.29) is 0 Å². The van der Waals surface area contributed by atoms with Crippen LogP contribution in [0, 0.1) is 0 Å². The van der Waals surface area contributed by atoms with Crippen LogP contribution in [0.25, 0.3) is 0 Å². The van der Waals surface area contributed by atoms with Crippen molar-refractivity contribution >= 4 is 0 Å². The highest BCUT2D eigenvalue weighted by Gasteiger charge is 2.16. The van der Waals surface area contributed by atoms with Crippen LogP contribution in [0.15, 0.2) is 0 Å². The van der Waals surface area contributed by atoms with Crippen LogP contribution in [-0.4, -0.2) is 31.7 Å². The molecule has 0 aliphatic carbocycles. The second kappa shape index (κ2) is 13.6. The molecule has 1 atom stereocenters. The van der Waals surface area contributed by atoms with Gasteiger partial charge in [0.1, 0.15) is 0 Å². The van der Waals surface area contributed by atoms with Gasteiger partial charge in [-0.3, -0.25) is 0 Å². The summed E-state index contributed by atoms with van der Waals surface area (Å²) in [5.41, 5.74) is 0. The molecule has 0 N–H and O–H groups in total. The topological polar surface area (TPSA) is 0 Å². The van der Waals surface area contributed by atoms with Gasteiger partial charge in [0.2, 0.25) is 0 Å². The molecule has 1 nitrogen and oxygen atoms in total. The van der Waals surface area contributed by atoms with Gasteiger partial charge >= 0.3 is 0 Å². The van der Waals surface area contributed by atoms with Crippen molar-refractivity contribution < 1.29 is 4.48 Å². The zero-order valence-electron chi connectivity index (χ0n) is 15.9. The van der Waals surface area contributed by atoms with Crippen LogP contribution in [0.4, 0.5) is 0 Å². The van der Waals surface area contributed by atoms with Gasteiger partial charge in [0.05, 0.1) is 27.2 Å². The van der Waals surface area contributed by atoms with Crippen LogP contribution in [-0.2, 0) is 0 Å². The predicted molar refractivity (Wildman–Crippen MR) is 97.8 cm³/mol. The summed E-state index contributed by atoms with van der Waals surface area (Å²) >= 11 is 0. The first kappa shape index (κ1) is 21.0. The van der Waals surface area contributed by atoms with Crippen LogP contribution >= 0.6 is 0 Å². The largest absolute Gasteiger partial charge is 0.329 e. The molecule has 1 heteroatoms. The molecular weight excluding hydrogens is 254 g/mol. The van der Waals surface area contributed by atoms with E-state index in [0.29, 0.717) is 0 Å². The molecule has 0 radical (unpaired) electrons. The lowest BCUT2D eigenvalue weighted by molar-refractivity contribution is -0.894. The van der Waals surface area contributed by atoms with Gasteiger partial charge in [-0.25, -0.2) is 0 Å². The van der Waals surface area contributed by atoms with Gasteiger partial charge in [0.25, 0.3) is 0 Å². The molecule has 0 heterocycles. The maximum absolute atomic E-state index is 2.39. The second-order valence-corrected chi connectivity index (χ2v) is 8.00. The number of hydrogen-bond donors (Lipinski definition) is 0. The minimum absolute atomic E-state index is 0.803. The van der Waals surface area contributed by atoms with Crippen molar-refractivity contribution in [2.45, 2.75) is 110 Å². The molecule has 0 aromatic carbocycles. The molecule has 0 bridgehead atoms. The van der Waals surface area contributed by atoms with Crippen molar-refractivity contribution in [2.24, 2.45) is 0 Å². The van der Waals surface area contributed by atoms with Crippen molar-refractivity contribution in [3.63, 3.8) is 0 Å². The lowest BCUT2D eigenvalue weighted by Crippen LogP contribution is -2.43. The average Bonchev–Trinajstić information content (AvgIpc) is 2.42. The predicted octanol–water partition coefficient (Wildman–Crippen LogP) is 6.56. The van der Waals surface area contributed by atoms with Crippen LogP contribution in [0.3, 0.4) is 0 Å². The lowest BCUT2D eigenvalue weighted by atomic mass is 10.0. The van der Waals surface area contributed by atoms with Gasteiger partial charge in [-0.1, -0.05) is 84.0 Å². The van der Waals surface area contributed by atoms with E-state index in [4.69, 9.17) is 0 Å². The molecule has 1 unspecified atom stereocenters. The van der Waals surface area contributed by atoms with Gasteiger partial charge in [0.15, 0.2) is 0 Å². The summed E-state index contributed by atoms with van der Waals surface area (Å²) in [7, 11) is 6.94. The van der Waals surface area contributed by atoms with Gasteiger partial charge in [-0.2, -0.15) is 0 Å². The number of quaternary nitrogens is 1. The fourth-order valence-electron chi connectivity index (χ4n) is 2.84. The Kier molecular flexibility index (Phi) is 13.6. The molecular formula is C20H44N+. The Bertz CT molecular complexity index is 204. The molecule has 0 aromatic heterocycles. The highest BCUT2D eigenvalue weighted by Crippen LogP contribution is 2.15. The van der Waals surface area contributed by atoms with Crippen LogP contribution in [0.5, 0.6) is 0 Å². The Morgan fingerprint density at radius 2 is 0.905 bits per heavy atom. The van der Waals surface area contributed by atoms with Crippen molar-refractivity contribution in [3.05, 3.63) is 0 Å². The van der Waals surface area contributed by atoms with Crippen LogP contribution in [0.2, 0.25) is 0 Å². The number of unbranched alkanes of at least 4 members (excludes halogenated alkanes) is 12. The molecule has 0 amide bonds. The first-order valence-corrected chi connectivity index (χ1v) is 9.79. The summed E-state index contributed by atoms with van der Waals surface area (Å²) in [5, 5.41) is 0. The Labute approximate surface area is 136 Å². The van der Waals surface area contributed by atoms with Crippen LogP contribution < -0.4 is 0 Å². The average molecular weight is 299 g/mol. The van der Waals surface area contributed by atoms with Crippen molar-refractivity contribution in [1.29, 1.82) is 0 Å². The van der Waals surface area contributed by atoms with Gasteiger partial charge in [-0.15, -0.1) is 0 Å². The maximum atomic E-state index is 2.39. The standard InChI is InChI=1S/C20H44N/c1-6-7-8-9-10-11-12-13-14-15-16-17-18-19-20(2)21(3,4)5/h20H,6-19H2,1-5H3/q+1. The third-order valence-corrected chi connectivity index (χ3v) is 5.05. The molecule has 0 spiro atoms. The zero-order chi connectivity index (χ0) is 16.0. The molecule has 0 aliphatic heterocycles. The normalized spacial score (nSPS) is 13.6. The Morgan fingerprint density at radius 1 is 0.571 bits per heavy atom.